The molecular formula is C67H53N3. The van der Waals surface area contributed by atoms with Gasteiger partial charge >= 0.3 is 0 Å². The second-order valence-corrected chi connectivity index (χ2v) is 18.4. The molecular weight excluding hydrogens is 847 g/mol. The Morgan fingerprint density at radius 1 is 0.229 bits per heavy atom. The van der Waals surface area contributed by atoms with Gasteiger partial charge in [0.15, 0.2) is 0 Å². The van der Waals surface area contributed by atoms with Gasteiger partial charge in [-0.1, -0.05) is 158 Å². The highest BCUT2D eigenvalue weighted by Gasteiger charge is 2.22. The van der Waals surface area contributed by atoms with Crippen LogP contribution in [0.2, 0.25) is 0 Å². The molecule has 336 valence electrons. The first kappa shape index (κ1) is 42.7. The summed E-state index contributed by atoms with van der Waals surface area (Å²) < 4.78 is 0. The van der Waals surface area contributed by atoms with E-state index in [-0.39, 0.29) is 5.92 Å². The van der Waals surface area contributed by atoms with Crippen molar-refractivity contribution >= 4 is 72.7 Å². The van der Waals surface area contributed by atoms with E-state index in [1.165, 1.54) is 74.3 Å². The number of nitrogens with zero attached hydrogens (tertiary/aromatic N) is 3. The van der Waals surface area contributed by atoms with Crippen LogP contribution in [0.4, 0.5) is 51.2 Å². The lowest BCUT2D eigenvalue weighted by atomic mass is 9.84. The molecule has 0 atom stereocenters. The first-order valence-corrected chi connectivity index (χ1v) is 24.7. The van der Waals surface area contributed by atoms with Crippen LogP contribution in [-0.4, -0.2) is 0 Å². The van der Waals surface area contributed by atoms with Crippen LogP contribution in [0.1, 0.15) is 46.6 Å². The molecule has 0 saturated heterocycles. The van der Waals surface area contributed by atoms with Gasteiger partial charge in [-0.3, -0.25) is 0 Å². The molecule has 0 saturated carbocycles. The SMILES string of the molecule is c1ccc(N(c2ccc(C(c3ccc(N(c4ccccc4)c4ccc5ccccc5c4)cc3)c3ccc(N(c4ccccc4)c4ccc5ccccc5c4)cc3)cc2)c2ccc3c(c2)CCCC3)cc1. The molecule has 11 aromatic rings. The van der Waals surface area contributed by atoms with E-state index in [4.69, 9.17) is 0 Å². The van der Waals surface area contributed by atoms with Gasteiger partial charge in [0.25, 0.3) is 0 Å². The number of hydrogen-bond donors (Lipinski definition) is 0. The Bertz CT molecular complexity index is 3370. The minimum atomic E-state index is -0.0391. The second-order valence-electron chi connectivity index (χ2n) is 18.4. The molecule has 3 heteroatoms. The Kier molecular flexibility index (Phi) is 11.7. The quantitative estimate of drug-likeness (QED) is 0.113. The summed E-state index contributed by atoms with van der Waals surface area (Å²) >= 11 is 0. The van der Waals surface area contributed by atoms with E-state index in [0.717, 1.165) is 51.9 Å². The standard InChI is InChI=1S/C67H53N3/c1-4-22-58(23-5-1)68(64-43-28-49-16-10-13-19-55(49)46-64)61-37-31-52(32-38-61)67(53-33-39-62(40-34-53)69(59-24-6-2-7-25-59)65-44-29-50-17-11-14-20-56(50)47-65)54-35-41-63(42-36-54)70(60-26-8-3-9-27-60)66-45-30-51-18-12-15-21-57(51)48-66/h1-11,13-14,16-17,19-20,22-48,67H,12,15,18,21H2. The van der Waals surface area contributed by atoms with Gasteiger partial charge in [-0.15, -0.1) is 0 Å². The lowest BCUT2D eigenvalue weighted by molar-refractivity contribution is 0.685. The Morgan fingerprint density at radius 2 is 0.529 bits per heavy atom. The lowest BCUT2D eigenvalue weighted by Crippen LogP contribution is -2.12. The third kappa shape index (κ3) is 8.59. The Labute approximate surface area is 411 Å². The summed E-state index contributed by atoms with van der Waals surface area (Å²) in [5.41, 5.74) is 16.8. The van der Waals surface area contributed by atoms with Crippen molar-refractivity contribution in [1.29, 1.82) is 0 Å². The summed E-state index contributed by atoms with van der Waals surface area (Å²) in [4.78, 5) is 7.13. The summed E-state index contributed by atoms with van der Waals surface area (Å²) in [5, 5.41) is 4.89. The van der Waals surface area contributed by atoms with Crippen LogP contribution in [0.5, 0.6) is 0 Å². The van der Waals surface area contributed by atoms with Crippen LogP contribution in [0, 0.1) is 0 Å². The van der Waals surface area contributed by atoms with Crippen molar-refractivity contribution in [1.82, 2.24) is 0 Å². The largest absolute Gasteiger partial charge is 0.310 e. The maximum atomic E-state index is 2.43. The van der Waals surface area contributed by atoms with Gasteiger partial charge in [-0.2, -0.15) is 0 Å². The van der Waals surface area contributed by atoms with Gasteiger partial charge < -0.3 is 14.7 Å². The van der Waals surface area contributed by atoms with E-state index < -0.39 is 0 Å². The van der Waals surface area contributed by atoms with Gasteiger partial charge in [-0.25, -0.2) is 0 Å². The molecule has 1 aliphatic rings. The minimum absolute atomic E-state index is 0.0391. The highest BCUT2D eigenvalue weighted by Crippen LogP contribution is 2.43. The van der Waals surface area contributed by atoms with Crippen molar-refractivity contribution in [3.8, 4) is 0 Å². The summed E-state index contributed by atoms with van der Waals surface area (Å²) in [7, 11) is 0. The first-order chi connectivity index (χ1) is 34.7. The van der Waals surface area contributed by atoms with Crippen LogP contribution in [-0.2, 0) is 12.8 Å². The molecule has 0 radical (unpaired) electrons. The molecule has 0 aromatic heterocycles. The normalized spacial score (nSPS) is 12.2. The number of hydrogen-bond acceptors (Lipinski definition) is 3. The van der Waals surface area contributed by atoms with Gasteiger partial charge in [0.1, 0.15) is 0 Å². The summed E-state index contributed by atoms with van der Waals surface area (Å²) in [6, 6.07) is 97.7. The second kappa shape index (κ2) is 19.1. The van der Waals surface area contributed by atoms with Crippen molar-refractivity contribution in [2.75, 3.05) is 14.7 Å². The molecule has 0 heterocycles. The van der Waals surface area contributed by atoms with Crippen LogP contribution in [0.25, 0.3) is 21.5 Å². The molecule has 0 aliphatic heterocycles. The summed E-state index contributed by atoms with van der Waals surface area (Å²) in [6.07, 6.45) is 4.83. The molecule has 0 amide bonds. The molecule has 0 fully saturated rings. The monoisotopic (exact) mass is 899 g/mol. The molecule has 70 heavy (non-hydrogen) atoms. The van der Waals surface area contributed by atoms with Crippen LogP contribution in [0.15, 0.2) is 267 Å². The maximum absolute atomic E-state index is 2.43. The predicted molar refractivity (Wildman–Crippen MR) is 296 cm³/mol. The van der Waals surface area contributed by atoms with Crippen LogP contribution >= 0.6 is 0 Å². The van der Waals surface area contributed by atoms with E-state index in [0.29, 0.717) is 0 Å². The number of rotatable bonds is 12. The van der Waals surface area contributed by atoms with Crippen molar-refractivity contribution in [3.63, 3.8) is 0 Å². The molecule has 0 bridgehead atoms. The van der Waals surface area contributed by atoms with E-state index in [1.54, 1.807) is 0 Å². The lowest BCUT2D eigenvalue weighted by Gasteiger charge is -2.29. The van der Waals surface area contributed by atoms with Crippen LogP contribution in [0.3, 0.4) is 0 Å². The van der Waals surface area contributed by atoms with Crippen molar-refractivity contribution in [2.45, 2.75) is 31.6 Å². The van der Waals surface area contributed by atoms with Crippen molar-refractivity contribution in [2.24, 2.45) is 0 Å². The zero-order chi connectivity index (χ0) is 46.6. The zero-order valence-corrected chi connectivity index (χ0v) is 39.2. The predicted octanol–water partition coefficient (Wildman–Crippen LogP) is 18.5. The van der Waals surface area contributed by atoms with Gasteiger partial charge in [0, 0.05) is 57.1 Å². The number of aryl methyl sites for hydroxylation is 2. The third-order valence-corrected chi connectivity index (χ3v) is 14.1. The fraction of sp³-hybridized carbons (Fsp3) is 0.0746. The maximum Gasteiger partial charge on any atom is 0.0468 e. The Hall–Kier alpha value is -8.66. The molecule has 12 rings (SSSR count). The van der Waals surface area contributed by atoms with E-state index in [9.17, 15) is 0 Å². The fourth-order valence-electron chi connectivity index (χ4n) is 10.6. The van der Waals surface area contributed by atoms with E-state index in [2.05, 4.69) is 282 Å². The molecule has 3 nitrogen and oxygen atoms in total. The number of anilines is 9. The Morgan fingerprint density at radius 3 is 0.929 bits per heavy atom. The summed E-state index contributed by atoms with van der Waals surface area (Å²) in [6.45, 7) is 0. The molecule has 11 aromatic carbocycles. The third-order valence-electron chi connectivity index (χ3n) is 14.1. The van der Waals surface area contributed by atoms with Crippen molar-refractivity contribution < 1.29 is 0 Å². The molecule has 0 spiro atoms. The number of benzene rings is 11. The molecule has 0 N–H and O–H groups in total. The van der Waals surface area contributed by atoms with Crippen LogP contribution < -0.4 is 14.7 Å². The first-order valence-electron chi connectivity index (χ1n) is 24.7. The average molecular weight is 900 g/mol. The zero-order valence-electron chi connectivity index (χ0n) is 39.2. The number of para-hydroxylation sites is 3. The van der Waals surface area contributed by atoms with Gasteiger partial charge in [-0.05, 0) is 184 Å². The van der Waals surface area contributed by atoms with E-state index >= 15 is 0 Å². The number of fused-ring (bicyclic) bond motifs is 3. The summed E-state index contributed by atoms with van der Waals surface area (Å²) in [5.74, 6) is -0.0391. The molecule has 0 unspecified atom stereocenters. The Balaban J connectivity index is 0.955. The van der Waals surface area contributed by atoms with Gasteiger partial charge in [0.2, 0.25) is 0 Å². The average Bonchev–Trinajstić information content (AvgIpc) is 3.43. The smallest absolute Gasteiger partial charge is 0.0468 e. The minimum Gasteiger partial charge on any atom is -0.310 e. The fourth-order valence-corrected chi connectivity index (χ4v) is 10.6. The van der Waals surface area contributed by atoms with Gasteiger partial charge in [0.05, 0.1) is 0 Å². The van der Waals surface area contributed by atoms with Crippen molar-refractivity contribution in [3.05, 3.63) is 295 Å². The molecule has 1 aliphatic carbocycles. The highest BCUT2D eigenvalue weighted by molar-refractivity contribution is 5.91. The topological polar surface area (TPSA) is 9.72 Å². The highest BCUT2D eigenvalue weighted by atomic mass is 15.2. The van der Waals surface area contributed by atoms with E-state index in [1.807, 2.05) is 0 Å².